The van der Waals surface area contributed by atoms with Crippen LogP contribution >= 0.6 is 58.7 Å². The van der Waals surface area contributed by atoms with Crippen molar-refractivity contribution in [2.75, 3.05) is 11.9 Å². The third kappa shape index (κ3) is 7.37. The monoisotopic (exact) mass is 560 g/mol. The van der Waals surface area contributed by atoms with Crippen molar-refractivity contribution < 1.29 is 9.59 Å². The Labute approximate surface area is 226 Å². The van der Waals surface area contributed by atoms with Gasteiger partial charge in [0, 0.05) is 23.7 Å². The van der Waals surface area contributed by atoms with Gasteiger partial charge in [-0.15, -0.1) is 10.2 Å². The van der Waals surface area contributed by atoms with E-state index in [9.17, 15) is 9.59 Å². The number of aryl methyl sites for hydroxylation is 1. The average Bonchev–Trinajstić information content (AvgIpc) is 3.39. The van der Waals surface area contributed by atoms with E-state index < -0.39 is 0 Å². The molecule has 6 nitrogen and oxygen atoms in total. The van der Waals surface area contributed by atoms with E-state index in [1.165, 1.54) is 34.2 Å². The predicted octanol–water partition coefficient (Wildman–Crippen LogP) is 6.41. The first-order chi connectivity index (χ1) is 16.9. The number of hydrogen-bond donors (Lipinski definition) is 1. The molecule has 0 atom stereocenters. The summed E-state index contributed by atoms with van der Waals surface area (Å²) < 4.78 is 1.29. The lowest BCUT2D eigenvalue weighted by Crippen LogP contribution is -2.29. The Morgan fingerprint density at radius 1 is 1.17 bits per heavy atom. The summed E-state index contributed by atoms with van der Waals surface area (Å²) in [7, 11) is 0. The summed E-state index contributed by atoms with van der Waals surface area (Å²) in [6.07, 6.45) is 2.53. The third-order valence-corrected chi connectivity index (χ3v) is 8.64. The SMILES string of the molecule is Cc1ccc(CSc2nnc(NC(=O)CCCN3C(=O)/C(=C/c4ccc(Cl)cc4)SC3=S)s2)cc1. The fraction of sp³-hybridized carbons (Fsp3) is 0.208. The van der Waals surface area contributed by atoms with Crippen molar-refractivity contribution in [3.05, 3.63) is 75.1 Å². The van der Waals surface area contributed by atoms with Gasteiger partial charge in [0.25, 0.3) is 5.91 Å². The lowest BCUT2D eigenvalue weighted by atomic mass is 10.2. The number of aromatic nitrogens is 2. The second kappa shape index (κ2) is 12.1. The maximum Gasteiger partial charge on any atom is 0.266 e. The predicted molar refractivity (Wildman–Crippen MR) is 150 cm³/mol. The van der Waals surface area contributed by atoms with Crippen LogP contribution in [0.15, 0.2) is 57.8 Å². The molecule has 1 N–H and O–H groups in total. The maximum absolute atomic E-state index is 12.7. The van der Waals surface area contributed by atoms with Crippen LogP contribution in [0.1, 0.15) is 29.5 Å². The highest BCUT2D eigenvalue weighted by Gasteiger charge is 2.31. The zero-order chi connectivity index (χ0) is 24.8. The number of thiocarbonyl (C=S) groups is 1. The van der Waals surface area contributed by atoms with E-state index in [-0.39, 0.29) is 18.2 Å². The molecule has 35 heavy (non-hydrogen) atoms. The minimum absolute atomic E-state index is 0.144. The first-order valence-corrected chi connectivity index (χ1v) is 14.1. The van der Waals surface area contributed by atoms with Crippen LogP contribution in [0.2, 0.25) is 5.02 Å². The summed E-state index contributed by atoms with van der Waals surface area (Å²) in [4.78, 5) is 27.2. The van der Waals surface area contributed by atoms with Gasteiger partial charge in [0.15, 0.2) is 4.34 Å². The Morgan fingerprint density at radius 3 is 2.66 bits per heavy atom. The van der Waals surface area contributed by atoms with Crippen molar-refractivity contribution in [1.29, 1.82) is 0 Å². The summed E-state index contributed by atoms with van der Waals surface area (Å²) in [6.45, 7) is 2.44. The van der Waals surface area contributed by atoms with Gasteiger partial charge < -0.3 is 5.32 Å². The van der Waals surface area contributed by atoms with Gasteiger partial charge in [0.05, 0.1) is 4.91 Å². The van der Waals surface area contributed by atoms with Crippen molar-refractivity contribution in [2.45, 2.75) is 29.9 Å². The number of amides is 2. The number of halogens is 1. The molecule has 0 unspecified atom stereocenters. The maximum atomic E-state index is 12.7. The van der Waals surface area contributed by atoms with Crippen LogP contribution in [0.4, 0.5) is 5.13 Å². The zero-order valence-electron chi connectivity index (χ0n) is 18.7. The van der Waals surface area contributed by atoms with Crippen molar-refractivity contribution in [1.82, 2.24) is 15.1 Å². The van der Waals surface area contributed by atoms with Crippen LogP contribution in [0.5, 0.6) is 0 Å². The lowest BCUT2D eigenvalue weighted by molar-refractivity contribution is -0.122. The first kappa shape index (κ1) is 25.8. The molecule has 0 radical (unpaired) electrons. The zero-order valence-corrected chi connectivity index (χ0v) is 22.7. The number of nitrogens with one attached hydrogen (secondary N) is 1. The highest BCUT2D eigenvalue weighted by atomic mass is 35.5. The average molecular weight is 561 g/mol. The third-order valence-electron chi connectivity index (χ3n) is 4.96. The molecule has 0 bridgehead atoms. The van der Waals surface area contributed by atoms with E-state index in [2.05, 4.69) is 46.7 Å². The number of hydrogen-bond acceptors (Lipinski definition) is 8. The van der Waals surface area contributed by atoms with Crippen LogP contribution in [0.25, 0.3) is 6.08 Å². The molecule has 180 valence electrons. The Balaban J connectivity index is 1.22. The minimum atomic E-state index is -0.168. The summed E-state index contributed by atoms with van der Waals surface area (Å²) >= 11 is 15.5. The number of anilines is 1. The smallest absolute Gasteiger partial charge is 0.266 e. The largest absolute Gasteiger partial charge is 0.301 e. The Hall–Kier alpha value is -2.24. The number of nitrogens with zero attached hydrogens (tertiary/aromatic N) is 3. The van der Waals surface area contributed by atoms with Crippen molar-refractivity contribution in [3.8, 4) is 0 Å². The molecule has 0 spiro atoms. The molecule has 1 aliphatic heterocycles. The van der Waals surface area contributed by atoms with Crippen LogP contribution in [-0.4, -0.2) is 37.8 Å². The van der Waals surface area contributed by atoms with Gasteiger partial charge in [-0.05, 0) is 42.7 Å². The molecule has 2 amide bonds. The summed E-state index contributed by atoms with van der Waals surface area (Å²) in [5.74, 6) is 0.479. The molecule has 1 aliphatic rings. The van der Waals surface area contributed by atoms with Gasteiger partial charge in [-0.2, -0.15) is 0 Å². The van der Waals surface area contributed by atoms with Gasteiger partial charge >= 0.3 is 0 Å². The van der Waals surface area contributed by atoms with Gasteiger partial charge in [0.2, 0.25) is 11.0 Å². The van der Waals surface area contributed by atoms with Gasteiger partial charge in [-0.3, -0.25) is 14.5 Å². The highest BCUT2D eigenvalue weighted by Crippen LogP contribution is 2.33. The summed E-state index contributed by atoms with van der Waals surface area (Å²) in [6, 6.07) is 15.6. The fourth-order valence-electron chi connectivity index (χ4n) is 3.13. The van der Waals surface area contributed by atoms with Gasteiger partial charge in [-0.25, -0.2) is 0 Å². The van der Waals surface area contributed by atoms with Crippen molar-refractivity contribution >= 4 is 86.0 Å². The van der Waals surface area contributed by atoms with Gasteiger partial charge in [-0.1, -0.05) is 101 Å². The van der Waals surface area contributed by atoms with E-state index in [4.69, 9.17) is 23.8 Å². The van der Waals surface area contributed by atoms with E-state index >= 15 is 0 Å². The Morgan fingerprint density at radius 2 is 1.91 bits per heavy atom. The summed E-state index contributed by atoms with van der Waals surface area (Å²) in [5.41, 5.74) is 3.31. The molecule has 0 saturated carbocycles. The van der Waals surface area contributed by atoms with Crippen molar-refractivity contribution in [2.24, 2.45) is 0 Å². The van der Waals surface area contributed by atoms with Gasteiger partial charge in [0.1, 0.15) is 4.32 Å². The molecule has 1 saturated heterocycles. The van der Waals surface area contributed by atoms with Crippen LogP contribution in [0, 0.1) is 6.92 Å². The topological polar surface area (TPSA) is 75.2 Å². The fourth-order valence-corrected chi connectivity index (χ4v) is 6.29. The van der Waals surface area contributed by atoms with Crippen LogP contribution in [0.3, 0.4) is 0 Å². The molecule has 1 aromatic heterocycles. The molecule has 2 heterocycles. The minimum Gasteiger partial charge on any atom is -0.301 e. The molecular formula is C24H21ClN4O2S4. The number of benzene rings is 2. The molecule has 4 rings (SSSR count). The van der Waals surface area contributed by atoms with E-state index in [1.807, 2.05) is 12.1 Å². The molecular weight excluding hydrogens is 540 g/mol. The Kier molecular flexibility index (Phi) is 8.96. The highest BCUT2D eigenvalue weighted by molar-refractivity contribution is 8.26. The van der Waals surface area contributed by atoms with E-state index in [0.717, 1.165) is 15.7 Å². The van der Waals surface area contributed by atoms with E-state index in [1.54, 1.807) is 34.9 Å². The normalized spacial score (nSPS) is 14.7. The Bertz CT molecular complexity index is 1260. The molecule has 2 aromatic carbocycles. The number of carbonyl (C=O) groups is 2. The second-order valence-corrected chi connectivity index (χ2v) is 12.0. The quantitative estimate of drug-likeness (QED) is 0.140. The molecule has 0 aliphatic carbocycles. The van der Waals surface area contributed by atoms with Crippen molar-refractivity contribution in [3.63, 3.8) is 0 Å². The summed E-state index contributed by atoms with van der Waals surface area (Å²) in [5, 5.41) is 12.1. The molecule has 1 fully saturated rings. The standard InChI is InChI=1S/C24H21ClN4O2S4/c1-15-4-6-17(7-5-15)14-33-23-28-27-22(35-23)26-20(30)3-2-12-29-21(31)19(34-24(29)32)13-16-8-10-18(25)11-9-16/h4-11,13H,2-3,12,14H2,1H3,(H,26,27,30)/b19-13-. The second-order valence-electron chi connectivity index (χ2n) is 7.68. The first-order valence-electron chi connectivity index (χ1n) is 10.7. The van der Waals surface area contributed by atoms with Crippen LogP contribution in [-0.2, 0) is 15.3 Å². The number of thioether (sulfide) groups is 2. The molecule has 3 aromatic rings. The van der Waals surface area contributed by atoms with Crippen LogP contribution < -0.4 is 5.32 Å². The molecule has 11 heteroatoms. The number of carbonyl (C=O) groups excluding carboxylic acids is 2. The number of rotatable bonds is 9. The van der Waals surface area contributed by atoms with E-state index in [0.29, 0.717) is 32.3 Å². The lowest BCUT2D eigenvalue weighted by Gasteiger charge is -2.13.